The highest BCUT2D eigenvalue weighted by molar-refractivity contribution is 5.93. The second-order valence-electron chi connectivity index (χ2n) is 5.17. The molecule has 0 aliphatic carbocycles. The van der Waals surface area contributed by atoms with Crippen molar-refractivity contribution in [3.8, 4) is 0 Å². The van der Waals surface area contributed by atoms with Crippen LogP contribution < -0.4 is 10.2 Å². The molecule has 1 aliphatic heterocycles. The summed E-state index contributed by atoms with van der Waals surface area (Å²) in [4.78, 5) is 22.7. The quantitative estimate of drug-likeness (QED) is 0.911. The number of rotatable bonds is 5. The molecule has 1 amide bonds. The lowest BCUT2D eigenvalue weighted by Crippen LogP contribution is -2.22. The first-order valence-corrected chi connectivity index (χ1v) is 7.28. The SMILES string of the molecule is O=C(CCn1ccnc1)Nc1cccnc1N1CCCC1. The third-order valence-electron chi connectivity index (χ3n) is 3.62. The van der Waals surface area contributed by atoms with Crippen LogP contribution in [0.5, 0.6) is 0 Å². The second-order valence-corrected chi connectivity index (χ2v) is 5.17. The molecule has 3 heterocycles. The summed E-state index contributed by atoms with van der Waals surface area (Å²) in [6.07, 6.45) is 9.85. The predicted octanol–water partition coefficient (Wildman–Crippen LogP) is 1.91. The lowest BCUT2D eigenvalue weighted by molar-refractivity contribution is -0.116. The Morgan fingerprint density at radius 1 is 1.29 bits per heavy atom. The van der Waals surface area contributed by atoms with Crippen LogP contribution in [0.1, 0.15) is 19.3 Å². The van der Waals surface area contributed by atoms with Crippen molar-refractivity contribution in [1.29, 1.82) is 0 Å². The van der Waals surface area contributed by atoms with E-state index in [0.717, 1.165) is 24.6 Å². The Morgan fingerprint density at radius 3 is 2.90 bits per heavy atom. The molecule has 0 radical (unpaired) electrons. The molecule has 6 nitrogen and oxygen atoms in total. The van der Waals surface area contributed by atoms with Crippen molar-refractivity contribution in [2.75, 3.05) is 23.3 Å². The van der Waals surface area contributed by atoms with Gasteiger partial charge in [0.05, 0.1) is 12.0 Å². The third kappa shape index (κ3) is 3.39. The number of pyridine rings is 1. The van der Waals surface area contributed by atoms with Crippen LogP contribution in [0, 0.1) is 0 Å². The van der Waals surface area contributed by atoms with Gasteiger partial charge in [-0.1, -0.05) is 0 Å². The molecule has 3 rings (SSSR count). The highest BCUT2D eigenvalue weighted by Crippen LogP contribution is 2.26. The summed E-state index contributed by atoms with van der Waals surface area (Å²) in [5.74, 6) is 0.878. The number of carbonyl (C=O) groups is 1. The monoisotopic (exact) mass is 285 g/mol. The van der Waals surface area contributed by atoms with Gasteiger partial charge in [0.1, 0.15) is 0 Å². The summed E-state index contributed by atoms with van der Waals surface area (Å²) in [6, 6.07) is 3.76. The number of carbonyl (C=O) groups excluding carboxylic acids is 1. The van der Waals surface area contributed by atoms with E-state index in [1.807, 2.05) is 22.9 Å². The number of amides is 1. The molecule has 0 aromatic carbocycles. The normalized spacial score (nSPS) is 14.4. The van der Waals surface area contributed by atoms with Crippen molar-refractivity contribution in [3.05, 3.63) is 37.1 Å². The van der Waals surface area contributed by atoms with E-state index in [-0.39, 0.29) is 5.91 Å². The summed E-state index contributed by atoms with van der Waals surface area (Å²) < 4.78 is 1.89. The Balaban J connectivity index is 1.62. The predicted molar refractivity (Wildman–Crippen MR) is 81.2 cm³/mol. The smallest absolute Gasteiger partial charge is 0.226 e. The number of hydrogen-bond acceptors (Lipinski definition) is 4. The molecule has 0 atom stereocenters. The summed E-state index contributed by atoms with van der Waals surface area (Å²) in [6.45, 7) is 2.65. The van der Waals surface area contributed by atoms with E-state index in [9.17, 15) is 4.79 Å². The number of imidazole rings is 1. The molecule has 21 heavy (non-hydrogen) atoms. The fourth-order valence-electron chi connectivity index (χ4n) is 2.54. The van der Waals surface area contributed by atoms with Crippen LogP contribution in [0.2, 0.25) is 0 Å². The average Bonchev–Trinajstić information content (AvgIpc) is 3.19. The molecule has 0 saturated carbocycles. The maximum atomic E-state index is 12.1. The zero-order valence-corrected chi connectivity index (χ0v) is 11.9. The molecule has 0 bridgehead atoms. The van der Waals surface area contributed by atoms with Crippen molar-refractivity contribution in [2.24, 2.45) is 0 Å². The maximum absolute atomic E-state index is 12.1. The van der Waals surface area contributed by atoms with Crippen molar-refractivity contribution >= 4 is 17.4 Å². The van der Waals surface area contributed by atoms with Crippen LogP contribution in [0.4, 0.5) is 11.5 Å². The van der Waals surface area contributed by atoms with E-state index >= 15 is 0 Å². The summed E-state index contributed by atoms with van der Waals surface area (Å²) in [7, 11) is 0. The van der Waals surface area contributed by atoms with E-state index in [1.165, 1.54) is 12.8 Å². The molecule has 2 aromatic heterocycles. The van der Waals surface area contributed by atoms with Crippen molar-refractivity contribution in [1.82, 2.24) is 14.5 Å². The molecule has 110 valence electrons. The van der Waals surface area contributed by atoms with E-state index in [1.54, 1.807) is 18.7 Å². The standard InChI is InChI=1S/C15H19N5O/c21-14(5-10-19-11-7-16-12-19)18-13-4-3-6-17-15(13)20-8-1-2-9-20/h3-4,6-7,11-12H,1-2,5,8-10H2,(H,18,21). The van der Waals surface area contributed by atoms with Gasteiger partial charge < -0.3 is 14.8 Å². The summed E-state index contributed by atoms with van der Waals surface area (Å²) in [5, 5.41) is 2.97. The van der Waals surface area contributed by atoms with Gasteiger partial charge in [0.2, 0.25) is 5.91 Å². The van der Waals surface area contributed by atoms with E-state index in [4.69, 9.17) is 0 Å². The van der Waals surface area contributed by atoms with Crippen LogP contribution in [0.15, 0.2) is 37.1 Å². The fourth-order valence-corrected chi connectivity index (χ4v) is 2.54. The number of aromatic nitrogens is 3. The van der Waals surface area contributed by atoms with Gasteiger partial charge in [0.25, 0.3) is 0 Å². The number of anilines is 2. The topological polar surface area (TPSA) is 63.1 Å². The minimum absolute atomic E-state index is 0.00264. The molecule has 1 aliphatic rings. The Labute approximate surface area is 123 Å². The van der Waals surface area contributed by atoms with Gasteiger partial charge in [0.15, 0.2) is 5.82 Å². The Hall–Kier alpha value is -2.37. The number of nitrogens with one attached hydrogen (secondary N) is 1. The van der Waals surface area contributed by atoms with Crippen LogP contribution >= 0.6 is 0 Å². The molecule has 0 spiro atoms. The zero-order valence-electron chi connectivity index (χ0n) is 11.9. The number of hydrogen-bond donors (Lipinski definition) is 1. The van der Waals surface area contributed by atoms with E-state index in [2.05, 4.69) is 20.2 Å². The van der Waals surface area contributed by atoms with Gasteiger partial charge in [-0.25, -0.2) is 9.97 Å². The highest BCUT2D eigenvalue weighted by Gasteiger charge is 2.17. The molecule has 6 heteroatoms. The third-order valence-corrected chi connectivity index (χ3v) is 3.62. The molecule has 0 unspecified atom stereocenters. The maximum Gasteiger partial charge on any atom is 0.226 e. The first-order valence-electron chi connectivity index (χ1n) is 7.28. The van der Waals surface area contributed by atoms with Crippen LogP contribution in [-0.4, -0.2) is 33.5 Å². The van der Waals surface area contributed by atoms with Crippen molar-refractivity contribution in [3.63, 3.8) is 0 Å². The van der Waals surface area contributed by atoms with Crippen molar-refractivity contribution < 1.29 is 4.79 Å². The van der Waals surface area contributed by atoms with Gasteiger partial charge >= 0.3 is 0 Å². The Bertz CT molecular complexity index is 590. The molecular weight excluding hydrogens is 266 g/mol. The molecular formula is C15H19N5O. The van der Waals surface area contributed by atoms with Crippen LogP contribution in [0.25, 0.3) is 0 Å². The zero-order chi connectivity index (χ0) is 14.5. The number of nitrogens with zero attached hydrogens (tertiary/aromatic N) is 4. The minimum atomic E-state index is -0.00264. The first kappa shape index (κ1) is 13.6. The largest absolute Gasteiger partial charge is 0.355 e. The average molecular weight is 285 g/mol. The highest BCUT2D eigenvalue weighted by atomic mass is 16.1. The summed E-state index contributed by atoms with van der Waals surface area (Å²) in [5.41, 5.74) is 0.801. The Kier molecular flexibility index (Phi) is 4.14. The molecule has 1 saturated heterocycles. The van der Waals surface area contributed by atoms with E-state index in [0.29, 0.717) is 13.0 Å². The van der Waals surface area contributed by atoms with Gasteiger partial charge in [-0.2, -0.15) is 0 Å². The fraction of sp³-hybridized carbons (Fsp3) is 0.400. The molecule has 1 fully saturated rings. The van der Waals surface area contributed by atoms with E-state index < -0.39 is 0 Å². The van der Waals surface area contributed by atoms with Crippen LogP contribution in [0.3, 0.4) is 0 Å². The minimum Gasteiger partial charge on any atom is -0.355 e. The van der Waals surface area contributed by atoms with Gasteiger partial charge in [-0.05, 0) is 25.0 Å². The lowest BCUT2D eigenvalue weighted by atomic mass is 10.3. The lowest BCUT2D eigenvalue weighted by Gasteiger charge is -2.19. The second kappa shape index (κ2) is 6.39. The van der Waals surface area contributed by atoms with Gasteiger partial charge in [0, 0.05) is 44.6 Å². The Morgan fingerprint density at radius 2 is 2.14 bits per heavy atom. The van der Waals surface area contributed by atoms with Gasteiger partial charge in [-0.3, -0.25) is 4.79 Å². The summed E-state index contributed by atoms with van der Waals surface area (Å²) >= 11 is 0. The number of aryl methyl sites for hydroxylation is 1. The van der Waals surface area contributed by atoms with Gasteiger partial charge in [-0.15, -0.1) is 0 Å². The van der Waals surface area contributed by atoms with Crippen molar-refractivity contribution in [2.45, 2.75) is 25.8 Å². The van der Waals surface area contributed by atoms with Crippen LogP contribution in [-0.2, 0) is 11.3 Å². The molecule has 2 aromatic rings. The first-order chi connectivity index (χ1) is 10.3. The molecule has 1 N–H and O–H groups in total.